The van der Waals surface area contributed by atoms with Crippen molar-refractivity contribution >= 4 is 17.8 Å². The van der Waals surface area contributed by atoms with Gasteiger partial charge in [0.1, 0.15) is 18.2 Å². The summed E-state index contributed by atoms with van der Waals surface area (Å²) in [6.07, 6.45) is 12.2. The van der Waals surface area contributed by atoms with Crippen molar-refractivity contribution in [3.8, 4) is 0 Å². The summed E-state index contributed by atoms with van der Waals surface area (Å²) in [5, 5.41) is 29.8. The lowest BCUT2D eigenvalue weighted by molar-refractivity contribution is -0.193. The Morgan fingerprint density at radius 3 is 2.30 bits per heavy atom. The molecule has 1 aliphatic heterocycles. The third kappa shape index (κ3) is 9.15. The molecule has 7 fully saturated rings. The number of ether oxygens (including phenoxy) is 2. The summed E-state index contributed by atoms with van der Waals surface area (Å²) in [6, 6.07) is -1.08. The first kappa shape index (κ1) is 43.7. The van der Waals surface area contributed by atoms with Crippen LogP contribution in [0.2, 0.25) is 0 Å². The monoisotopic (exact) mass is 789 g/mol. The van der Waals surface area contributed by atoms with Gasteiger partial charge in [0, 0.05) is 43.5 Å². The third-order valence-electron chi connectivity index (χ3n) is 16.3. The van der Waals surface area contributed by atoms with Crippen molar-refractivity contribution in [3.63, 3.8) is 0 Å². The summed E-state index contributed by atoms with van der Waals surface area (Å²) in [5.74, 6) is 1.08. The van der Waals surface area contributed by atoms with E-state index in [1.165, 1.54) is 32.8 Å². The number of nitrogens with one attached hydrogen (secondary N) is 2. The van der Waals surface area contributed by atoms with Crippen LogP contribution in [0.25, 0.3) is 0 Å². The predicted octanol–water partition coefficient (Wildman–Crippen LogP) is 4.55. The number of carbonyl (C=O) groups is 3. The van der Waals surface area contributed by atoms with Crippen LogP contribution in [0.3, 0.4) is 0 Å². The molecule has 320 valence electrons. The summed E-state index contributed by atoms with van der Waals surface area (Å²) in [5.41, 5.74) is 0.300. The Morgan fingerprint density at radius 2 is 1.70 bits per heavy atom. The Kier molecular flexibility index (Phi) is 14.5. The number of rotatable bonds is 14. The van der Waals surface area contributed by atoms with Crippen molar-refractivity contribution < 1.29 is 38.9 Å². The number of esters is 1. The zero-order chi connectivity index (χ0) is 40.5. The molecule has 2 amide bonds. The van der Waals surface area contributed by atoms with Crippen LogP contribution in [-0.4, -0.2) is 122 Å². The molecule has 2 bridgehead atoms. The van der Waals surface area contributed by atoms with Gasteiger partial charge in [-0.15, -0.1) is 0 Å². The van der Waals surface area contributed by atoms with Crippen LogP contribution in [0.15, 0.2) is 0 Å². The van der Waals surface area contributed by atoms with Crippen molar-refractivity contribution in [2.45, 2.75) is 160 Å². The Balaban J connectivity index is 1.16. The van der Waals surface area contributed by atoms with E-state index in [1.807, 2.05) is 0 Å². The Morgan fingerprint density at radius 1 is 0.964 bits per heavy atom. The number of nitrogens with zero attached hydrogens (tertiary/aromatic N) is 2. The first-order valence-electron chi connectivity index (χ1n) is 22.3. The van der Waals surface area contributed by atoms with Crippen LogP contribution in [0.1, 0.15) is 118 Å². The number of methoxy groups -OCH3 is 2. The van der Waals surface area contributed by atoms with E-state index in [4.69, 9.17) is 14.3 Å². The lowest BCUT2D eigenvalue weighted by Crippen LogP contribution is -2.62. The maximum Gasteiger partial charge on any atom is 0.328 e. The number of carbonyl (C=O) groups excluding carboxylic acids is 3. The second-order valence-corrected chi connectivity index (χ2v) is 19.9. The first-order chi connectivity index (χ1) is 26.7. The maximum absolute atomic E-state index is 14.4. The average molecular weight is 789 g/mol. The number of aliphatic hydroxyl groups is 2. The molecule has 0 aromatic carbocycles. The van der Waals surface area contributed by atoms with Crippen LogP contribution in [-0.2, 0) is 28.7 Å². The Bertz CT molecular complexity index is 1340. The molecule has 6 aliphatic carbocycles. The van der Waals surface area contributed by atoms with Crippen molar-refractivity contribution in [1.82, 2.24) is 20.6 Å². The fourth-order valence-electron chi connectivity index (χ4n) is 12.8. The minimum atomic E-state index is -0.851. The Hall–Kier alpha value is -1.83. The van der Waals surface area contributed by atoms with Gasteiger partial charge in [-0.25, -0.2) is 4.79 Å². The largest absolute Gasteiger partial charge is 0.467 e. The highest BCUT2D eigenvalue weighted by Gasteiger charge is 2.58. The fourth-order valence-corrected chi connectivity index (χ4v) is 12.8. The van der Waals surface area contributed by atoms with E-state index in [0.29, 0.717) is 42.1 Å². The molecule has 6 saturated carbocycles. The molecule has 1 saturated heterocycles. The topological polar surface area (TPSA) is 150 Å². The molecular weight excluding hydrogens is 713 g/mol. The maximum atomic E-state index is 14.4. The van der Waals surface area contributed by atoms with E-state index in [9.17, 15) is 24.6 Å². The quantitative estimate of drug-likeness (QED) is 0.185. The van der Waals surface area contributed by atoms with E-state index >= 15 is 0 Å². The minimum Gasteiger partial charge on any atom is -0.467 e. The van der Waals surface area contributed by atoms with Crippen LogP contribution >= 0.6 is 0 Å². The number of hydroxylamine groups is 2. The van der Waals surface area contributed by atoms with Crippen molar-refractivity contribution in [2.24, 2.45) is 58.7 Å². The van der Waals surface area contributed by atoms with Crippen molar-refractivity contribution in [3.05, 3.63) is 0 Å². The zero-order valence-electron chi connectivity index (χ0n) is 35.8. The summed E-state index contributed by atoms with van der Waals surface area (Å²) in [6.45, 7) is 8.82. The molecule has 7 aliphatic rings. The number of hydrogen-bond acceptors (Lipinski definition) is 10. The SMILES string of the molecule is COC(=O)[C@H](CC1CCCCC1)NC(=O)C1CC(C2CCCC(CN3O[C@@H](CO)[C@@H]([C@H](C)O)[C@H]3C(=O)N[C@H]3CC4C[C@@H]([C@@H]3C)C4(C)C)C2OC)CC(N(C)C)C1. The molecule has 4 N–H and O–H groups in total. The molecule has 0 aromatic rings. The number of hydrogen-bond donors (Lipinski definition) is 4. The van der Waals surface area contributed by atoms with Gasteiger partial charge in [0.2, 0.25) is 11.8 Å². The summed E-state index contributed by atoms with van der Waals surface area (Å²) in [7, 11) is 7.36. The van der Waals surface area contributed by atoms with Gasteiger partial charge >= 0.3 is 5.97 Å². The van der Waals surface area contributed by atoms with Gasteiger partial charge in [-0.1, -0.05) is 59.3 Å². The molecule has 7 unspecified atom stereocenters. The highest BCUT2D eigenvalue weighted by molar-refractivity contribution is 5.86. The molecule has 12 heteroatoms. The van der Waals surface area contributed by atoms with E-state index < -0.39 is 30.2 Å². The first-order valence-corrected chi connectivity index (χ1v) is 22.3. The van der Waals surface area contributed by atoms with Gasteiger partial charge in [-0.3, -0.25) is 14.4 Å². The molecule has 12 nitrogen and oxygen atoms in total. The van der Waals surface area contributed by atoms with Crippen LogP contribution in [0, 0.1) is 58.7 Å². The second kappa shape index (κ2) is 18.6. The Labute approximate surface area is 336 Å². The fraction of sp³-hybridized carbons (Fsp3) is 0.932. The highest BCUT2D eigenvalue weighted by atomic mass is 16.7. The van der Waals surface area contributed by atoms with E-state index in [2.05, 4.69) is 50.4 Å². The van der Waals surface area contributed by atoms with Crippen molar-refractivity contribution in [2.75, 3.05) is 41.5 Å². The lowest BCUT2D eigenvalue weighted by Gasteiger charge is -2.62. The average Bonchev–Trinajstić information content (AvgIpc) is 3.56. The summed E-state index contributed by atoms with van der Waals surface area (Å²) < 4.78 is 11.6. The standard InChI is InChI=1S/C44H76N4O8/c1-25-34-21-31(44(34,3)4)22-35(25)45-42(52)39-38(26(2)50)37(24-49)56-48(39)23-28-15-12-16-33(40(28)54-7)29-18-30(20-32(19-29)47(5)6)41(51)46-36(43(53)55-8)17-27-13-10-9-11-14-27/h25-40,49-50H,9-24H2,1-8H3,(H,45,52)(H,46,51)/t25-,26-,28?,29?,30?,31?,32?,33?,34-,35-,36-,37-,38+,39-,40?/m0/s1. The third-order valence-corrected chi connectivity index (χ3v) is 16.3. The summed E-state index contributed by atoms with van der Waals surface area (Å²) >= 11 is 0. The van der Waals surface area contributed by atoms with Crippen molar-refractivity contribution in [1.29, 1.82) is 0 Å². The van der Waals surface area contributed by atoms with Crippen LogP contribution < -0.4 is 10.6 Å². The van der Waals surface area contributed by atoms with Gasteiger partial charge < -0.3 is 35.2 Å². The summed E-state index contributed by atoms with van der Waals surface area (Å²) in [4.78, 5) is 50.0. The number of amides is 2. The van der Waals surface area contributed by atoms with E-state index in [0.717, 1.165) is 57.8 Å². The molecule has 56 heavy (non-hydrogen) atoms. The number of fused-ring (bicyclic) bond motifs is 2. The molecule has 0 spiro atoms. The molecular formula is C44H76N4O8. The number of aliphatic hydroxyl groups excluding tert-OH is 2. The molecule has 15 atom stereocenters. The van der Waals surface area contributed by atoms with Gasteiger partial charge in [0.05, 0.1) is 25.9 Å². The second-order valence-electron chi connectivity index (χ2n) is 19.9. The minimum absolute atomic E-state index is 0.0504. The zero-order valence-corrected chi connectivity index (χ0v) is 35.8. The normalized spacial score (nSPS) is 40.0. The van der Waals surface area contributed by atoms with Gasteiger partial charge in [-0.2, -0.15) is 5.06 Å². The van der Waals surface area contributed by atoms with E-state index in [1.54, 1.807) is 19.1 Å². The van der Waals surface area contributed by atoms with Gasteiger partial charge in [0.15, 0.2) is 0 Å². The van der Waals surface area contributed by atoms with Gasteiger partial charge in [0.25, 0.3) is 0 Å². The van der Waals surface area contributed by atoms with Crippen LogP contribution in [0.4, 0.5) is 0 Å². The highest BCUT2D eigenvalue weighted by Crippen LogP contribution is 2.61. The van der Waals surface area contributed by atoms with Crippen LogP contribution in [0.5, 0.6) is 0 Å². The van der Waals surface area contributed by atoms with Gasteiger partial charge in [-0.05, 0) is 113 Å². The smallest absolute Gasteiger partial charge is 0.328 e. The predicted molar refractivity (Wildman–Crippen MR) is 214 cm³/mol. The molecule has 0 radical (unpaired) electrons. The molecule has 7 rings (SSSR count). The van der Waals surface area contributed by atoms with E-state index in [-0.39, 0.29) is 66.2 Å². The molecule has 1 heterocycles. The molecule has 0 aromatic heterocycles. The lowest BCUT2D eigenvalue weighted by atomic mass is 9.45.